The molecule has 0 aliphatic carbocycles. The van der Waals surface area contributed by atoms with Crippen LogP contribution < -0.4 is 5.32 Å². The van der Waals surface area contributed by atoms with E-state index in [1.54, 1.807) is 22.0 Å². The second kappa shape index (κ2) is 6.28. The van der Waals surface area contributed by atoms with Crippen LogP contribution in [0.15, 0.2) is 28.9 Å². The summed E-state index contributed by atoms with van der Waals surface area (Å²) < 4.78 is 7.25. The predicted octanol–water partition coefficient (Wildman–Crippen LogP) is 1.93. The summed E-state index contributed by atoms with van der Waals surface area (Å²) >= 11 is 0. The molecule has 1 atom stereocenters. The lowest BCUT2D eigenvalue weighted by Crippen LogP contribution is -2.41. The maximum atomic E-state index is 12.5. The fraction of sp³-hybridized carbons (Fsp3) is 0.438. The summed E-state index contributed by atoms with van der Waals surface area (Å²) in [4.78, 5) is 26.2. The first kappa shape index (κ1) is 15.3. The molecular formula is C16H20N4O3. The number of hydrogen-bond donors (Lipinski definition) is 1. The van der Waals surface area contributed by atoms with E-state index in [0.29, 0.717) is 30.8 Å². The summed E-state index contributed by atoms with van der Waals surface area (Å²) in [6.07, 6.45) is 4.28. The lowest BCUT2D eigenvalue weighted by atomic mass is 10.2. The summed E-state index contributed by atoms with van der Waals surface area (Å²) in [5, 5.41) is 6.96. The average Bonchev–Trinajstić information content (AvgIpc) is 3.22. The van der Waals surface area contributed by atoms with Gasteiger partial charge in [-0.2, -0.15) is 5.10 Å². The fourth-order valence-electron chi connectivity index (χ4n) is 2.77. The number of rotatable bonds is 5. The van der Waals surface area contributed by atoms with Gasteiger partial charge in [-0.1, -0.05) is 0 Å². The number of furan rings is 1. The molecule has 0 bridgehead atoms. The monoisotopic (exact) mass is 316 g/mol. The summed E-state index contributed by atoms with van der Waals surface area (Å²) in [6.45, 7) is 4.88. The predicted molar refractivity (Wildman–Crippen MR) is 83.5 cm³/mol. The molecule has 23 heavy (non-hydrogen) atoms. The molecule has 1 N–H and O–H groups in total. The van der Waals surface area contributed by atoms with Gasteiger partial charge in [-0.15, -0.1) is 0 Å². The minimum absolute atomic E-state index is 0.0246. The standard InChI is InChI=1S/C16H20N4O3/c1-3-19-9-12(8-17-19)18-16(22)14-6-7-15(21)20(14)10-13-5-4-11(2)23-13/h4-5,8-9,14H,3,6-7,10H2,1-2H3,(H,18,22)/t14-/m1/s1. The zero-order chi connectivity index (χ0) is 16.4. The van der Waals surface area contributed by atoms with Crippen molar-refractivity contribution in [1.82, 2.24) is 14.7 Å². The highest BCUT2D eigenvalue weighted by Gasteiger charge is 2.36. The Kier molecular flexibility index (Phi) is 4.18. The van der Waals surface area contributed by atoms with E-state index in [9.17, 15) is 9.59 Å². The maximum absolute atomic E-state index is 12.5. The Morgan fingerprint density at radius 1 is 1.48 bits per heavy atom. The molecule has 2 aromatic heterocycles. The number of anilines is 1. The van der Waals surface area contributed by atoms with Crippen LogP contribution in [-0.2, 0) is 22.7 Å². The molecule has 0 aromatic carbocycles. The zero-order valence-electron chi connectivity index (χ0n) is 13.3. The molecule has 3 rings (SSSR count). The highest BCUT2D eigenvalue weighted by molar-refractivity contribution is 5.98. The molecule has 0 saturated carbocycles. The Balaban J connectivity index is 1.69. The van der Waals surface area contributed by atoms with E-state index >= 15 is 0 Å². The first-order chi connectivity index (χ1) is 11.1. The number of nitrogens with zero attached hydrogens (tertiary/aromatic N) is 3. The van der Waals surface area contributed by atoms with E-state index in [-0.39, 0.29) is 11.8 Å². The van der Waals surface area contributed by atoms with Crippen LogP contribution in [-0.4, -0.2) is 32.5 Å². The van der Waals surface area contributed by atoms with Crippen LogP contribution in [0.4, 0.5) is 5.69 Å². The number of nitrogens with one attached hydrogen (secondary N) is 1. The van der Waals surface area contributed by atoms with Gasteiger partial charge in [0.2, 0.25) is 11.8 Å². The Bertz CT molecular complexity index is 718. The van der Waals surface area contributed by atoms with Crippen molar-refractivity contribution in [1.29, 1.82) is 0 Å². The molecule has 7 heteroatoms. The first-order valence-corrected chi connectivity index (χ1v) is 7.75. The quantitative estimate of drug-likeness (QED) is 0.914. The summed E-state index contributed by atoms with van der Waals surface area (Å²) in [7, 11) is 0. The Labute approximate surface area is 134 Å². The highest BCUT2D eigenvalue weighted by Crippen LogP contribution is 2.23. The molecule has 0 unspecified atom stereocenters. The van der Waals surface area contributed by atoms with Crippen molar-refractivity contribution in [3.8, 4) is 0 Å². The van der Waals surface area contributed by atoms with E-state index < -0.39 is 6.04 Å². The minimum Gasteiger partial charge on any atom is -0.464 e. The molecule has 1 aliphatic rings. The molecule has 122 valence electrons. The van der Waals surface area contributed by atoms with Gasteiger partial charge < -0.3 is 14.6 Å². The van der Waals surface area contributed by atoms with Crippen LogP contribution in [0.5, 0.6) is 0 Å². The van der Waals surface area contributed by atoms with Gasteiger partial charge in [0.15, 0.2) is 0 Å². The van der Waals surface area contributed by atoms with E-state index in [1.165, 1.54) is 0 Å². The van der Waals surface area contributed by atoms with Gasteiger partial charge in [0, 0.05) is 19.2 Å². The molecular weight excluding hydrogens is 296 g/mol. The van der Waals surface area contributed by atoms with E-state index in [0.717, 1.165) is 12.3 Å². The molecule has 1 aliphatic heterocycles. The maximum Gasteiger partial charge on any atom is 0.247 e. The third-order valence-corrected chi connectivity index (χ3v) is 3.98. The van der Waals surface area contributed by atoms with E-state index in [4.69, 9.17) is 4.42 Å². The molecule has 3 heterocycles. The number of likely N-dealkylation sites (tertiary alicyclic amines) is 1. The van der Waals surface area contributed by atoms with Crippen molar-refractivity contribution in [2.75, 3.05) is 5.32 Å². The van der Waals surface area contributed by atoms with Gasteiger partial charge in [-0.3, -0.25) is 14.3 Å². The second-order valence-corrected chi connectivity index (χ2v) is 5.66. The fourth-order valence-corrected chi connectivity index (χ4v) is 2.77. The lowest BCUT2D eigenvalue weighted by molar-refractivity contribution is -0.134. The number of amides is 2. The zero-order valence-corrected chi connectivity index (χ0v) is 13.3. The average molecular weight is 316 g/mol. The summed E-state index contributed by atoms with van der Waals surface area (Å²) in [6, 6.07) is 3.21. The Hall–Kier alpha value is -2.57. The molecule has 2 amide bonds. The normalized spacial score (nSPS) is 17.7. The molecule has 0 radical (unpaired) electrons. The van der Waals surface area contributed by atoms with Crippen molar-refractivity contribution in [2.24, 2.45) is 0 Å². The van der Waals surface area contributed by atoms with Crippen molar-refractivity contribution in [3.63, 3.8) is 0 Å². The molecule has 2 aromatic rings. The van der Waals surface area contributed by atoms with Gasteiger partial charge in [0.05, 0.1) is 18.4 Å². The number of aromatic nitrogens is 2. The number of hydrogen-bond acceptors (Lipinski definition) is 4. The first-order valence-electron chi connectivity index (χ1n) is 7.75. The SMILES string of the molecule is CCn1cc(NC(=O)[C@H]2CCC(=O)N2Cc2ccc(C)o2)cn1. The minimum atomic E-state index is -0.474. The molecule has 7 nitrogen and oxygen atoms in total. The molecule has 0 spiro atoms. The number of carbonyl (C=O) groups excluding carboxylic acids is 2. The van der Waals surface area contributed by atoms with Crippen molar-refractivity contribution < 1.29 is 14.0 Å². The van der Waals surface area contributed by atoms with Gasteiger partial charge >= 0.3 is 0 Å². The highest BCUT2D eigenvalue weighted by atomic mass is 16.3. The van der Waals surface area contributed by atoms with Gasteiger partial charge in [-0.25, -0.2) is 0 Å². The van der Waals surface area contributed by atoms with E-state index in [1.807, 2.05) is 26.0 Å². The summed E-state index contributed by atoms with van der Waals surface area (Å²) in [5.74, 6) is 1.27. The van der Waals surface area contributed by atoms with Gasteiger partial charge in [0.1, 0.15) is 17.6 Å². The Morgan fingerprint density at radius 3 is 2.96 bits per heavy atom. The number of aryl methyl sites for hydroxylation is 2. The lowest BCUT2D eigenvalue weighted by Gasteiger charge is -2.22. The van der Waals surface area contributed by atoms with Crippen LogP contribution in [0.25, 0.3) is 0 Å². The topological polar surface area (TPSA) is 80.4 Å². The van der Waals surface area contributed by atoms with Crippen LogP contribution >= 0.6 is 0 Å². The van der Waals surface area contributed by atoms with Crippen LogP contribution in [0, 0.1) is 6.92 Å². The largest absolute Gasteiger partial charge is 0.464 e. The third-order valence-electron chi connectivity index (χ3n) is 3.98. The van der Waals surface area contributed by atoms with Gasteiger partial charge in [-0.05, 0) is 32.4 Å². The van der Waals surface area contributed by atoms with Crippen molar-refractivity contribution in [2.45, 2.75) is 45.8 Å². The number of carbonyl (C=O) groups is 2. The van der Waals surface area contributed by atoms with Gasteiger partial charge in [0.25, 0.3) is 0 Å². The molecule has 1 saturated heterocycles. The second-order valence-electron chi connectivity index (χ2n) is 5.66. The molecule has 1 fully saturated rings. The smallest absolute Gasteiger partial charge is 0.247 e. The Morgan fingerprint density at radius 2 is 2.30 bits per heavy atom. The third kappa shape index (κ3) is 3.28. The van der Waals surface area contributed by atoms with Crippen LogP contribution in [0.1, 0.15) is 31.3 Å². The van der Waals surface area contributed by atoms with Crippen LogP contribution in [0.3, 0.4) is 0 Å². The van der Waals surface area contributed by atoms with Crippen molar-refractivity contribution >= 4 is 17.5 Å². The van der Waals surface area contributed by atoms with E-state index in [2.05, 4.69) is 10.4 Å². The van der Waals surface area contributed by atoms with Crippen LogP contribution in [0.2, 0.25) is 0 Å². The van der Waals surface area contributed by atoms with Crippen molar-refractivity contribution in [3.05, 3.63) is 36.0 Å². The summed E-state index contributed by atoms with van der Waals surface area (Å²) in [5.41, 5.74) is 0.644.